The molecule has 1 aromatic heterocycles. The molecule has 3 heterocycles. The van der Waals surface area contributed by atoms with Crippen LogP contribution in [0.15, 0.2) is 18.3 Å². The molecule has 0 radical (unpaired) electrons. The van der Waals surface area contributed by atoms with Gasteiger partial charge in [0.2, 0.25) is 0 Å². The molecule has 0 aromatic carbocycles. The predicted octanol–water partition coefficient (Wildman–Crippen LogP) is 0.500. The molecule has 1 amide bonds. The first-order valence-corrected chi connectivity index (χ1v) is 7.25. The van der Waals surface area contributed by atoms with E-state index in [-0.39, 0.29) is 5.91 Å². The van der Waals surface area contributed by atoms with Crippen molar-refractivity contribution >= 4 is 5.91 Å². The molecule has 21 heavy (non-hydrogen) atoms. The lowest BCUT2D eigenvalue weighted by atomic mass is 10.2. The van der Waals surface area contributed by atoms with Crippen molar-refractivity contribution in [3.63, 3.8) is 0 Å². The van der Waals surface area contributed by atoms with E-state index in [1.165, 1.54) is 6.20 Å². The van der Waals surface area contributed by atoms with Gasteiger partial charge >= 0.3 is 0 Å². The van der Waals surface area contributed by atoms with E-state index in [0.29, 0.717) is 17.3 Å². The molecule has 1 unspecified atom stereocenters. The molecular formula is C15H18N4O2. The summed E-state index contributed by atoms with van der Waals surface area (Å²) >= 11 is 0. The fourth-order valence-corrected chi connectivity index (χ4v) is 2.92. The number of pyridine rings is 1. The third-order valence-electron chi connectivity index (χ3n) is 4.12. The van der Waals surface area contributed by atoms with Crippen LogP contribution in [0.5, 0.6) is 0 Å². The Balaban J connectivity index is 1.62. The summed E-state index contributed by atoms with van der Waals surface area (Å²) in [4.78, 5) is 20.8. The first-order chi connectivity index (χ1) is 10.3. The largest absolute Gasteiger partial charge is 0.379 e. The molecule has 1 atom stereocenters. The van der Waals surface area contributed by atoms with Crippen molar-refractivity contribution in [2.75, 3.05) is 39.4 Å². The third-order valence-corrected chi connectivity index (χ3v) is 4.12. The number of hydrogen-bond donors (Lipinski definition) is 0. The Hall–Kier alpha value is -1.97. The summed E-state index contributed by atoms with van der Waals surface area (Å²) in [5.74, 6) is -0.0461. The van der Waals surface area contributed by atoms with Gasteiger partial charge in [0.05, 0.1) is 18.8 Å². The van der Waals surface area contributed by atoms with Gasteiger partial charge in [-0.05, 0) is 18.6 Å². The van der Waals surface area contributed by atoms with Crippen LogP contribution in [0.4, 0.5) is 0 Å². The fourth-order valence-electron chi connectivity index (χ4n) is 2.92. The molecule has 0 spiro atoms. The number of hydrogen-bond acceptors (Lipinski definition) is 5. The Morgan fingerprint density at radius 3 is 2.81 bits per heavy atom. The maximum Gasteiger partial charge on any atom is 0.272 e. The van der Waals surface area contributed by atoms with Crippen LogP contribution < -0.4 is 0 Å². The first kappa shape index (κ1) is 14.0. The number of likely N-dealkylation sites (tertiary alicyclic amines) is 1. The molecule has 0 bridgehead atoms. The van der Waals surface area contributed by atoms with Crippen LogP contribution >= 0.6 is 0 Å². The molecule has 6 nitrogen and oxygen atoms in total. The van der Waals surface area contributed by atoms with Crippen LogP contribution in [0.25, 0.3) is 0 Å². The average molecular weight is 286 g/mol. The molecular weight excluding hydrogens is 268 g/mol. The van der Waals surface area contributed by atoms with E-state index in [0.717, 1.165) is 45.8 Å². The topological polar surface area (TPSA) is 69.5 Å². The van der Waals surface area contributed by atoms with Crippen molar-refractivity contribution in [1.82, 2.24) is 14.8 Å². The van der Waals surface area contributed by atoms with Crippen LogP contribution in [0.1, 0.15) is 22.5 Å². The quantitative estimate of drug-likeness (QED) is 0.792. The van der Waals surface area contributed by atoms with Crippen LogP contribution in [0.3, 0.4) is 0 Å². The summed E-state index contributed by atoms with van der Waals surface area (Å²) < 4.78 is 5.37. The highest BCUT2D eigenvalue weighted by Crippen LogP contribution is 2.18. The van der Waals surface area contributed by atoms with Gasteiger partial charge < -0.3 is 9.64 Å². The van der Waals surface area contributed by atoms with E-state index >= 15 is 0 Å². The Kier molecular flexibility index (Phi) is 4.13. The van der Waals surface area contributed by atoms with E-state index in [9.17, 15) is 4.79 Å². The summed E-state index contributed by atoms with van der Waals surface area (Å²) in [7, 11) is 0. The van der Waals surface area contributed by atoms with Crippen molar-refractivity contribution in [2.45, 2.75) is 12.5 Å². The second kappa shape index (κ2) is 6.20. The lowest BCUT2D eigenvalue weighted by Crippen LogP contribution is -2.45. The SMILES string of the molecule is N#Cc1ccc(C(=O)N2CCC(N3CCOCC3)C2)nc1. The van der Waals surface area contributed by atoms with Gasteiger partial charge in [-0.2, -0.15) is 5.26 Å². The highest BCUT2D eigenvalue weighted by Gasteiger charge is 2.31. The number of rotatable bonds is 2. The minimum Gasteiger partial charge on any atom is -0.379 e. The summed E-state index contributed by atoms with van der Waals surface area (Å²) in [6.45, 7) is 4.97. The number of amides is 1. The van der Waals surface area contributed by atoms with E-state index in [1.54, 1.807) is 12.1 Å². The van der Waals surface area contributed by atoms with Crippen molar-refractivity contribution in [3.8, 4) is 6.07 Å². The summed E-state index contributed by atoms with van der Waals surface area (Å²) in [5.41, 5.74) is 0.885. The van der Waals surface area contributed by atoms with Crippen molar-refractivity contribution in [1.29, 1.82) is 5.26 Å². The Labute approximate surface area is 123 Å². The second-order valence-corrected chi connectivity index (χ2v) is 5.39. The van der Waals surface area contributed by atoms with E-state index in [4.69, 9.17) is 10.00 Å². The standard InChI is InChI=1S/C15H18N4O2/c16-9-12-1-2-14(17-10-12)15(20)19-4-3-13(11-19)18-5-7-21-8-6-18/h1-2,10,13H,3-8,11H2. The highest BCUT2D eigenvalue weighted by molar-refractivity contribution is 5.92. The maximum atomic E-state index is 12.4. The molecule has 2 saturated heterocycles. The molecule has 2 aliphatic heterocycles. The Morgan fingerprint density at radius 1 is 1.33 bits per heavy atom. The summed E-state index contributed by atoms with van der Waals surface area (Å²) in [6, 6.07) is 5.70. The van der Waals surface area contributed by atoms with Gasteiger partial charge in [0.1, 0.15) is 11.8 Å². The van der Waals surface area contributed by atoms with Crippen LogP contribution in [0.2, 0.25) is 0 Å². The van der Waals surface area contributed by atoms with Gasteiger partial charge in [-0.3, -0.25) is 9.69 Å². The molecule has 0 aliphatic carbocycles. The van der Waals surface area contributed by atoms with Crippen molar-refractivity contribution < 1.29 is 9.53 Å². The Morgan fingerprint density at radius 2 is 2.14 bits per heavy atom. The number of nitrogens with zero attached hydrogens (tertiary/aromatic N) is 4. The molecule has 3 rings (SSSR count). The molecule has 6 heteroatoms. The number of ether oxygens (including phenoxy) is 1. The number of carbonyl (C=O) groups excluding carboxylic acids is 1. The van der Waals surface area contributed by atoms with Gasteiger partial charge in [0.25, 0.3) is 5.91 Å². The first-order valence-electron chi connectivity index (χ1n) is 7.25. The summed E-state index contributed by atoms with van der Waals surface area (Å²) in [6.07, 6.45) is 2.45. The van der Waals surface area contributed by atoms with Gasteiger partial charge in [-0.25, -0.2) is 4.98 Å². The number of aromatic nitrogens is 1. The third kappa shape index (κ3) is 3.04. The molecule has 1 aromatic rings. The zero-order chi connectivity index (χ0) is 14.7. The molecule has 110 valence electrons. The number of nitriles is 1. The fraction of sp³-hybridized carbons (Fsp3) is 0.533. The van der Waals surface area contributed by atoms with Crippen LogP contribution in [-0.4, -0.2) is 66.1 Å². The van der Waals surface area contributed by atoms with Crippen molar-refractivity contribution in [2.24, 2.45) is 0 Å². The lowest BCUT2D eigenvalue weighted by molar-refractivity contribution is 0.0185. The normalized spacial score (nSPS) is 23.0. The van der Waals surface area contributed by atoms with Gasteiger partial charge in [-0.15, -0.1) is 0 Å². The van der Waals surface area contributed by atoms with E-state index < -0.39 is 0 Å². The van der Waals surface area contributed by atoms with Crippen LogP contribution in [-0.2, 0) is 4.74 Å². The van der Waals surface area contributed by atoms with Crippen molar-refractivity contribution in [3.05, 3.63) is 29.6 Å². The maximum absolute atomic E-state index is 12.4. The monoisotopic (exact) mass is 286 g/mol. The highest BCUT2D eigenvalue weighted by atomic mass is 16.5. The minimum absolute atomic E-state index is 0.0461. The molecule has 0 N–H and O–H groups in total. The smallest absolute Gasteiger partial charge is 0.272 e. The van der Waals surface area contributed by atoms with Gasteiger partial charge in [0, 0.05) is 38.4 Å². The number of morpholine rings is 1. The molecule has 2 fully saturated rings. The van der Waals surface area contributed by atoms with Gasteiger partial charge in [0.15, 0.2) is 0 Å². The second-order valence-electron chi connectivity index (χ2n) is 5.39. The zero-order valence-corrected chi connectivity index (χ0v) is 11.9. The van der Waals surface area contributed by atoms with E-state index in [1.807, 2.05) is 11.0 Å². The summed E-state index contributed by atoms with van der Waals surface area (Å²) in [5, 5.41) is 8.76. The van der Waals surface area contributed by atoms with E-state index in [2.05, 4.69) is 9.88 Å². The minimum atomic E-state index is -0.0461. The zero-order valence-electron chi connectivity index (χ0n) is 11.9. The molecule has 0 saturated carbocycles. The number of carbonyl (C=O) groups is 1. The lowest BCUT2D eigenvalue weighted by Gasteiger charge is -2.32. The predicted molar refractivity (Wildman–Crippen MR) is 75.7 cm³/mol. The van der Waals surface area contributed by atoms with Crippen LogP contribution in [0, 0.1) is 11.3 Å². The Bertz CT molecular complexity index is 546. The molecule has 2 aliphatic rings. The van der Waals surface area contributed by atoms with Gasteiger partial charge in [-0.1, -0.05) is 0 Å². The average Bonchev–Trinajstić information content (AvgIpc) is 3.05.